The number of para-hydroxylation sites is 1. The van der Waals surface area contributed by atoms with Gasteiger partial charge >= 0.3 is 0 Å². The van der Waals surface area contributed by atoms with Gasteiger partial charge in [0.2, 0.25) is 0 Å². The second kappa shape index (κ2) is 11.2. The van der Waals surface area contributed by atoms with Crippen LogP contribution in [0.3, 0.4) is 0 Å². The van der Waals surface area contributed by atoms with Gasteiger partial charge in [-0.15, -0.1) is 0 Å². The number of benzene rings is 3. The Labute approximate surface area is 196 Å². The third-order valence-corrected chi connectivity index (χ3v) is 6.19. The standard InChI is InChI=1S/C29H29N3O/c30-21-27(23-32(28-14-8-3-9-15-28)22-26-12-6-2-7-13-26)29(33)31-18-16-25(17-19-31)20-24-10-4-1-5-11-24/h1-15,23,25H,16-20,22H2/b27-23-. The number of anilines is 1. The molecule has 0 unspecified atom stereocenters. The first kappa shape index (κ1) is 22.4. The quantitative estimate of drug-likeness (QED) is 0.359. The van der Waals surface area contributed by atoms with Crippen LogP contribution in [0.1, 0.15) is 24.0 Å². The van der Waals surface area contributed by atoms with Gasteiger partial charge in [-0.1, -0.05) is 78.9 Å². The summed E-state index contributed by atoms with van der Waals surface area (Å²) in [6, 6.07) is 32.6. The topological polar surface area (TPSA) is 47.3 Å². The van der Waals surface area contributed by atoms with E-state index < -0.39 is 0 Å². The van der Waals surface area contributed by atoms with Crippen LogP contribution in [0, 0.1) is 17.2 Å². The Morgan fingerprint density at radius 3 is 2.00 bits per heavy atom. The summed E-state index contributed by atoms with van der Waals surface area (Å²) in [5, 5.41) is 9.84. The SMILES string of the molecule is N#C/C(=C/N(Cc1ccccc1)c1ccccc1)C(=O)N1CCC(Cc2ccccc2)CC1. The summed E-state index contributed by atoms with van der Waals surface area (Å²) in [7, 11) is 0. The molecule has 4 nitrogen and oxygen atoms in total. The first-order chi connectivity index (χ1) is 16.2. The zero-order valence-electron chi connectivity index (χ0n) is 18.8. The second-order valence-electron chi connectivity index (χ2n) is 8.53. The monoisotopic (exact) mass is 435 g/mol. The fourth-order valence-electron chi connectivity index (χ4n) is 4.36. The molecule has 0 aromatic heterocycles. The zero-order valence-corrected chi connectivity index (χ0v) is 18.8. The lowest BCUT2D eigenvalue weighted by Gasteiger charge is -2.32. The highest BCUT2D eigenvalue weighted by atomic mass is 16.2. The van der Waals surface area contributed by atoms with E-state index in [0.717, 1.165) is 30.5 Å². The Morgan fingerprint density at radius 1 is 0.879 bits per heavy atom. The number of hydrogen-bond acceptors (Lipinski definition) is 3. The predicted molar refractivity (Wildman–Crippen MR) is 132 cm³/mol. The predicted octanol–water partition coefficient (Wildman–Crippen LogP) is 5.58. The first-order valence-corrected chi connectivity index (χ1v) is 11.5. The molecule has 4 heteroatoms. The Balaban J connectivity index is 1.45. The van der Waals surface area contributed by atoms with Gasteiger partial charge in [0, 0.05) is 31.5 Å². The van der Waals surface area contributed by atoms with Gasteiger partial charge in [-0.25, -0.2) is 0 Å². The van der Waals surface area contributed by atoms with Gasteiger partial charge in [-0.05, 0) is 48.4 Å². The average molecular weight is 436 g/mol. The molecule has 0 aliphatic carbocycles. The van der Waals surface area contributed by atoms with Crippen molar-refractivity contribution in [2.75, 3.05) is 18.0 Å². The van der Waals surface area contributed by atoms with Crippen LogP contribution in [0.15, 0.2) is 103 Å². The summed E-state index contributed by atoms with van der Waals surface area (Å²) in [6.07, 6.45) is 4.68. The first-order valence-electron chi connectivity index (χ1n) is 11.5. The largest absolute Gasteiger partial charge is 0.342 e. The fourth-order valence-corrected chi connectivity index (χ4v) is 4.36. The summed E-state index contributed by atoms with van der Waals surface area (Å²) in [6.45, 7) is 1.97. The molecule has 1 fully saturated rings. The second-order valence-corrected chi connectivity index (χ2v) is 8.53. The normalized spacial score (nSPS) is 14.5. The van der Waals surface area contributed by atoms with Crippen LogP contribution in [-0.4, -0.2) is 23.9 Å². The molecule has 0 atom stereocenters. The average Bonchev–Trinajstić information content (AvgIpc) is 2.88. The van der Waals surface area contributed by atoms with E-state index in [-0.39, 0.29) is 11.5 Å². The minimum absolute atomic E-state index is 0.176. The van der Waals surface area contributed by atoms with Crippen molar-refractivity contribution in [2.45, 2.75) is 25.8 Å². The highest BCUT2D eigenvalue weighted by Crippen LogP contribution is 2.24. The number of nitriles is 1. The Kier molecular flexibility index (Phi) is 7.56. The maximum atomic E-state index is 13.2. The molecule has 33 heavy (non-hydrogen) atoms. The number of carbonyl (C=O) groups is 1. The number of rotatable bonds is 7. The van der Waals surface area contributed by atoms with Gasteiger partial charge in [-0.3, -0.25) is 4.79 Å². The summed E-state index contributed by atoms with van der Waals surface area (Å²) < 4.78 is 0. The number of nitrogens with zero attached hydrogens (tertiary/aromatic N) is 3. The van der Waals surface area contributed by atoms with Crippen molar-refractivity contribution in [1.82, 2.24) is 4.90 Å². The van der Waals surface area contributed by atoms with Crippen LogP contribution >= 0.6 is 0 Å². The molecule has 1 aliphatic heterocycles. The van der Waals surface area contributed by atoms with E-state index in [1.807, 2.05) is 64.4 Å². The molecule has 0 saturated carbocycles. The van der Waals surface area contributed by atoms with Gasteiger partial charge in [0.15, 0.2) is 0 Å². The van der Waals surface area contributed by atoms with E-state index in [0.29, 0.717) is 25.6 Å². The molecule has 1 aliphatic rings. The molecule has 0 radical (unpaired) electrons. The molecule has 1 saturated heterocycles. The van der Waals surface area contributed by atoms with Crippen LogP contribution in [-0.2, 0) is 17.8 Å². The number of piperidine rings is 1. The van der Waals surface area contributed by atoms with Crippen LogP contribution < -0.4 is 4.90 Å². The molecule has 1 amide bonds. The minimum atomic E-state index is -0.176. The van der Waals surface area contributed by atoms with Crippen molar-refractivity contribution in [3.05, 3.63) is 114 Å². The smallest absolute Gasteiger partial charge is 0.266 e. The van der Waals surface area contributed by atoms with Crippen LogP contribution in [0.4, 0.5) is 5.69 Å². The van der Waals surface area contributed by atoms with Gasteiger partial charge in [0.1, 0.15) is 11.6 Å². The third kappa shape index (κ3) is 6.11. The molecule has 3 aromatic rings. The van der Waals surface area contributed by atoms with E-state index in [1.54, 1.807) is 6.20 Å². The van der Waals surface area contributed by atoms with E-state index in [2.05, 4.69) is 42.5 Å². The van der Waals surface area contributed by atoms with Gasteiger partial charge in [-0.2, -0.15) is 5.26 Å². The van der Waals surface area contributed by atoms with E-state index >= 15 is 0 Å². The molecule has 166 valence electrons. The highest BCUT2D eigenvalue weighted by molar-refractivity contribution is 5.97. The lowest BCUT2D eigenvalue weighted by atomic mass is 9.90. The van der Waals surface area contributed by atoms with Crippen molar-refractivity contribution in [1.29, 1.82) is 5.26 Å². The molecular weight excluding hydrogens is 406 g/mol. The summed E-state index contributed by atoms with van der Waals surface area (Å²) in [4.78, 5) is 17.0. The van der Waals surface area contributed by atoms with Crippen LogP contribution in [0.2, 0.25) is 0 Å². The number of likely N-dealkylation sites (tertiary alicyclic amines) is 1. The van der Waals surface area contributed by atoms with Crippen LogP contribution in [0.25, 0.3) is 0 Å². The summed E-state index contributed by atoms with van der Waals surface area (Å²) >= 11 is 0. The Morgan fingerprint density at radius 2 is 1.42 bits per heavy atom. The lowest BCUT2D eigenvalue weighted by Crippen LogP contribution is -2.39. The minimum Gasteiger partial charge on any atom is -0.342 e. The Bertz CT molecular complexity index is 1100. The molecule has 4 rings (SSSR count). The highest BCUT2D eigenvalue weighted by Gasteiger charge is 2.25. The maximum absolute atomic E-state index is 13.2. The zero-order chi connectivity index (χ0) is 22.9. The molecule has 1 heterocycles. The van der Waals surface area contributed by atoms with Crippen molar-refractivity contribution in [3.8, 4) is 6.07 Å². The van der Waals surface area contributed by atoms with Crippen molar-refractivity contribution in [3.63, 3.8) is 0 Å². The summed E-state index contributed by atoms with van der Waals surface area (Å²) in [5.74, 6) is 0.398. The number of carbonyl (C=O) groups excluding carboxylic acids is 1. The number of hydrogen-bond donors (Lipinski definition) is 0. The van der Waals surface area contributed by atoms with Gasteiger partial charge < -0.3 is 9.80 Å². The van der Waals surface area contributed by atoms with Crippen LogP contribution in [0.5, 0.6) is 0 Å². The molecule has 0 bridgehead atoms. The fraction of sp³-hybridized carbons (Fsp3) is 0.241. The third-order valence-electron chi connectivity index (χ3n) is 6.19. The van der Waals surface area contributed by atoms with Crippen molar-refractivity contribution in [2.24, 2.45) is 5.92 Å². The molecule has 0 N–H and O–H groups in total. The van der Waals surface area contributed by atoms with E-state index in [4.69, 9.17) is 0 Å². The summed E-state index contributed by atoms with van der Waals surface area (Å²) in [5.41, 5.74) is 3.59. The molecule has 3 aromatic carbocycles. The van der Waals surface area contributed by atoms with Gasteiger partial charge in [0.05, 0.1) is 0 Å². The Hall–Kier alpha value is -3.84. The van der Waals surface area contributed by atoms with E-state index in [9.17, 15) is 10.1 Å². The lowest BCUT2D eigenvalue weighted by molar-refractivity contribution is -0.128. The maximum Gasteiger partial charge on any atom is 0.266 e. The van der Waals surface area contributed by atoms with Gasteiger partial charge in [0.25, 0.3) is 5.91 Å². The van der Waals surface area contributed by atoms with Crippen molar-refractivity contribution < 1.29 is 4.79 Å². The number of amides is 1. The molecule has 0 spiro atoms. The van der Waals surface area contributed by atoms with E-state index in [1.165, 1.54) is 5.56 Å². The van der Waals surface area contributed by atoms with Crippen molar-refractivity contribution >= 4 is 11.6 Å². The molecular formula is C29H29N3O.